The molecule has 0 saturated carbocycles. The molecule has 3 amide bonds. The molecule has 204 valence electrons. The highest BCUT2D eigenvalue weighted by Crippen LogP contribution is 2.28. The highest BCUT2D eigenvalue weighted by atomic mass is 32.1. The quantitative estimate of drug-likeness (QED) is 0.207. The summed E-state index contributed by atoms with van der Waals surface area (Å²) in [5.74, 6) is -1.01. The van der Waals surface area contributed by atoms with Crippen molar-refractivity contribution in [2.75, 3.05) is 6.61 Å². The fourth-order valence-corrected chi connectivity index (χ4v) is 5.51. The lowest BCUT2D eigenvalue weighted by Crippen LogP contribution is -2.46. The van der Waals surface area contributed by atoms with E-state index in [4.69, 9.17) is 4.74 Å². The minimum Gasteiger partial charge on any atom is -0.481 e. The number of aliphatic carboxylic acids is 1. The van der Waals surface area contributed by atoms with Gasteiger partial charge in [-0.1, -0.05) is 62.2 Å². The second-order valence-electron chi connectivity index (χ2n) is 8.99. The summed E-state index contributed by atoms with van der Waals surface area (Å²) in [6.45, 7) is 4.47. The molecule has 1 aromatic carbocycles. The van der Waals surface area contributed by atoms with Gasteiger partial charge in [-0.3, -0.25) is 9.69 Å². The predicted molar refractivity (Wildman–Crippen MR) is 150 cm³/mol. The van der Waals surface area contributed by atoms with Crippen molar-refractivity contribution in [3.8, 4) is 0 Å². The number of ether oxygens (including phenoxy) is 1. The van der Waals surface area contributed by atoms with Crippen molar-refractivity contribution >= 4 is 40.8 Å². The van der Waals surface area contributed by atoms with Gasteiger partial charge in [-0.2, -0.15) is 0 Å². The molecule has 3 N–H and O–H groups in total. The maximum absolute atomic E-state index is 13.3. The fraction of sp³-hybridized carbons (Fsp3) is 0.393. The first-order chi connectivity index (χ1) is 18.4. The van der Waals surface area contributed by atoms with Crippen LogP contribution in [0.1, 0.15) is 66.9 Å². The van der Waals surface area contributed by atoms with Crippen molar-refractivity contribution in [2.45, 2.75) is 64.2 Å². The van der Waals surface area contributed by atoms with Crippen molar-refractivity contribution in [3.05, 3.63) is 80.7 Å². The summed E-state index contributed by atoms with van der Waals surface area (Å²) in [7, 11) is 0. The molecule has 1 unspecified atom stereocenters. The zero-order valence-corrected chi connectivity index (χ0v) is 23.3. The first-order valence-corrected chi connectivity index (χ1v) is 14.5. The van der Waals surface area contributed by atoms with Gasteiger partial charge in [0, 0.05) is 9.75 Å². The number of carboxylic acid groups (broad SMARTS) is 1. The lowest BCUT2D eigenvalue weighted by Gasteiger charge is -2.29. The van der Waals surface area contributed by atoms with Gasteiger partial charge < -0.3 is 20.5 Å². The van der Waals surface area contributed by atoms with Crippen LogP contribution in [0.5, 0.6) is 0 Å². The molecule has 2 heterocycles. The van der Waals surface area contributed by atoms with E-state index in [0.29, 0.717) is 18.5 Å². The van der Waals surface area contributed by atoms with E-state index in [1.165, 1.54) is 0 Å². The predicted octanol–water partition coefficient (Wildman–Crippen LogP) is 6.58. The molecule has 38 heavy (non-hydrogen) atoms. The Hall–Kier alpha value is -3.37. The summed E-state index contributed by atoms with van der Waals surface area (Å²) in [6, 6.07) is 15.1. The Morgan fingerprint density at radius 3 is 2.37 bits per heavy atom. The summed E-state index contributed by atoms with van der Waals surface area (Å²) in [5.41, 5.74) is 0.702. The Kier molecular flexibility index (Phi) is 11.6. The smallest absolute Gasteiger partial charge is 0.410 e. The molecule has 0 radical (unpaired) electrons. The molecule has 3 rings (SSSR count). The molecular weight excluding hydrogens is 522 g/mol. The summed E-state index contributed by atoms with van der Waals surface area (Å²) < 4.78 is 5.75. The molecule has 0 saturated heterocycles. The third-order valence-corrected chi connectivity index (χ3v) is 8.00. The maximum Gasteiger partial charge on any atom is 0.410 e. The van der Waals surface area contributed by atoms with Crippen LogP contribution < -0.4 is 10.6 Å². The SMILES string of the molecule is CCCC[C@@H](COC(=O)N(Cc1cccs1)C(C)c1cccs1)NC(=O)N[C@@H](CC(=O)O)c1ccccc1. The lowest BCUT2D eigenvalue weighted by molar-refractivity contribution is -0.137. The molecule has 0 bridgehead atoms. The van der Waals surface area contributed by atoms with Crippen molar-refractivity contribution in [1.29, 1.82) is 0 Å². The van der Waals surface area contributed by atoms with E-state index in [1.807, 2.05) is 54.9 Å². The number of thiophene rings is 2. The van der Waals surface area contributed by atoms with Crippen LogP contribution in [0.15, 0.2) is 65.4 Å². The van der Waals surface area contributed by atoms with Gasteiger partial charge in [0.1, 0.15) is 6.61 Å². The van der Waals surface area contributed by atoms with Crippen LogP contribution in [0.25, 0.3) is 0 Å². The highest BCUT2D eigenvalue weighted by Gasteiger charge is 2.26. The number of hydrogen-bond acceptors (Lipinski definition) is 6. The van der Waals surface area contributed by atoms with Gasteiger partial charge >= 0.3 is 18.1 Å². The number of unbranched alkanes of at least 4 members (excludes halogenated alkanes) is 1. The molecule has 3 aromatic rings. The molecule has 3 atom stereocenters. The minimum absolute atomic E-state index is 0.0132. The number of amides is 3. The Morgan fingerprint density at radius 2 is 1.74 bits per heavy atom. The third-order valence-electron chi connectivity index (χ3n) is 6.10. The fourth-order valence-electron chi connectivity index (χ4n) is 4.01. The van der Waals surface area contributed by atoms with Crippen molar-refractivity contribution in [2.24, 2.45) is 0 Å². The van der Waals surface area contributed by atoms with Crippen LogP contribution in [0.4, 0.5) is 9.59 Å². The lowest BCUT2D eigenvalue weighted by atomic mass is 10.0. The standard InChI is InChI=1S/C28H35N3O5S2/c1-3-4-12-22(29-27(34)30-24(17-26(32)33)21-10-6-5-7-11-21)19-36-28(35)31(18-23-13-8-15-37-23)20(2)25-14-9-16-38-25/h5-11,13-16,20,22,24H,3-4,12,17-19H2,1-2H3,(H,32,33)(H2,29,30,34)/t20?,22-,24-/m0/s1. The first kappa shape index (κ1) is 29.2. The highest BCUT2D eigenvalue weighted by molar-refractivity contribution is 7.10. The first-order valence-electron chi connectivity index (χ1n) is 12.7. The van der Waals surface area contributed by atoms with Gasteiger partial charge in [0.2, 0.25) is 0 Å². The van der Waals surface area contributed by atoms with Gasteiger partial charge in [-0.05, 0) is 41.8 Å². The van der Waals surface area contributed by atoms with E-state index >= 15 is 0 Å². The van der Waals surface area contributed by atoms with Crippen LogP contribution >= 0.6 is 22.7 Å². The monoisotopic (exact) mass is 557 g/mol. The van der Waals surface area contributed by atoms with Crippen LogP contribution in [0.3, 0.4) is 0 Å². The van der Waals surface area contributed by atoms with Gasteiger partial charge in [0.25, 0.3) is 0 Å². The second-order valence-corrected chi connectivity index (χ2v) is 11.0. The van der Waals surface area contributed by atoms with Crippen molar-refractivity contribution in [3.63, 3.8) is 0 Å². The Bertz CT molecular complexity index is 1120. The average Bonchev–Trinajstić information content (AvgIpc) is 3.63. The van der Waals surface area contributed by atoms with E-state index < -0.39 is 30.2 Å². The van der Waals surface area contributed by atoms with E-state index in [2.05, 4.69) is 10.6 Å². The molecule has 8 nitrogen and oxygen atoms in total. The summed E-state index contributed by atoms with van der Waals surface area (Å²) in [5, 5.41) is 18.9. The number of nitrogens with zero attached hydrogens (tertiary/aromatic N) is 1. The molecule has 0 fully saturated rings. The van der Waals surface area contributed by atoms with E-state index in [1.54, 1.807) is 51.8 Å². The third kappa shape index (κ3) is 9.18. The topological polar surface area (TPSA) is 108 Å². The van der Waals surface area contributed by atoms with Crippen molar-refractivity contribution < 1.29 is 24.2 Å². The van der Waals surface area contributed by atoms with Gasteiger partial charge in [-0.15, -0.1) is 22.7 Å². The molecule has 10 heteroatoms. The van der Waals surface area contributed by atoms with Crippen LogP contribution in [0, 0.1) is 0 Å². The Morgan fingerprint density at radius 1 is 1.00 bits per heavy atom. The number of carbonyl (C=O) groups is 3. The molecule has 0 aliphatic heterocycles. The van der Waals surface area contributed by atoms with Gasteiger partial charge in [0.05, 0.1) is 31.1 Å². The number of nitrogens with one attached hydrogen (secondary N) is 2. The molecule has 0 aliphatic carbocycles. The van der Waals surface area contributed by atoms with Crippen LogP contribution in [-0.4, -0.2) is 40.7 Å². The summed E-state index contributed by atoms with van der Waals surface area (Å²) >= 11 is 3.17. The molecule has 0 spiro atoms. The molecule has 2 aromatic heterocycles. The minimum atomic E-state index is -1.01. The summed E-state index contributed by atoms with van der Waals surface area (Å²) in [4.78, 5) is 41.3. The summed E-state index contributed by atoms with van der Waals surface area (Å²) in [6.07, 6.45) is 1.68. The van der Waals surface area contributed by atoms with Crippen LogP contribution in [-0.2, 0) is 16.1 Å². The number of carbonyl (C=O) groups excluding carboxylic acids is 2. The van der Waals surface area contributed by atoms with E-state index in [-0.39, 0.29) is 19.1 Å². The number of hydrogen-bond donors (Lipinski definition) is 3. The largest absolute Gasteiger partial charge is 0.481 e. The Balaban J connectivity index is 1.65. The van der Waals surface area contributed by atoms with Gasteiger partial charge in [0.15, 0.2) is 0 Å². The number of carboxylic acids is 1. The van der Waals surface area contributed by atoms with Crippen LogP contribution in [0.2, 0.25) is 0 Å². The second kappa shape index (κ2) is 15.1. The zero-order valence-electron chi connectivity index (χ0n) is 21.7. The molecular formula is C28H35N3O5S2. The number of benzene rings is 1. The van der Waals surface area contributed by atoms with E-state index in [0.717, 1.165) is 22.6 Å². The van der Waals surface area contributed by atoms with Gasteiger partial charge in [-0.25, -0.2) is 9.59 Å². The number of rotatable bonds is 14. The average molecular weight is 558 g/mol. The molecule has 0 aliphatic rings. The number of urea groups is 1. The Labute approximate surface area is 231 Å². The zero-order chi connectivity index (χ0) is 27.3. The van der Waals surface area contributed by atoms with Crippen molar-refractivity contribution in [1.82, 2.24) is 15.5 Å². The maximum atomic E-state index is 13.3. The van der Waals surface area contributed by atoms with E-state index in [9.17, 15) is 19.5 Å². The normalized spacial score (nSPS) is 13.2.